The summed E-state index contributed by atoms with van der Waals surface area (Å²) in [6.45, 7) is 1.06. The summed E-state index contributed by atoms with van der Waals surface area (Å²) in [4.78, 5) is 25.8. The zero-order chi connectivity index (χ0) is 18.4. The Morgan fingerprint density at radius 3 is 2.69 bits per heavy atom. The molecule has 4 nitrogen and oxygen atoms in total. The highest BCUT2D eigenvalue weighted by molar-refractivity contribution is 9.10. The predicted octanol–water partition coefficient (Wildman–Crippen LogP) is 3.75. The molecule has 2 aromatic carbocycles. The fraction of sp³-hybridized carbons (Fsp3) is 0.238. The lowest BCUT2D eigenvalue weighted by molar-refractivity contribution is -0.119. The summed E-state index contributed by atoms with van der Waals surface area (Å²) in [5.41, 5.74) is 2.37. The van der Waals surface area contributed by atoms with Crippen LogP contribution in [0, 0.1) is 11.8 Å². The second-order valence-electron chi connectivity index (χ2n) is 6.04. The summed E-state index contributed by atoms with van der Waals surface area (Å²) in [5, 5.41) is 2.78. The van der Waals surface area contributed by atoms with Gasteiger partial charge in [-0.15, -0.1) is 0 Å². The van der Waals surface area contributed by atoms with Crippen molar-refractivity contribution in [2.45, 2.75) is 19.3 Å². The van der Waals surface area contributed by atoms with Gasteiger partial charge in [0.05, 0.1) is 6.54 Å². The molecule has 1 N–H and O–H groups in total. The summed E-state index contributed by atoms with van der Waals surface area (Å²) in [6.07, 6.45) is 2.65. The SMILES string of the molecule is O=C(NCC#Cc1ccc(N2CCCCC2=O)cc1)c1cccc(Br)c1. The van der Waals surface area contributed by atoms with Gasteiger partial charge < -0.3 is 10.2 Å². The molecule has 1 saturated heterocycles. The van der Waals surface area contributed by atoms with Crippen molar-refractivity contribution in [3.05, 3.63) is 64.1 Å². The number of carbonyl (C=O) groups is 2. The molecule has 1 heterocycles. The van der Waals surface area contributed by atoms with Crippen LogP contribution in [0.2, 0.25) is 0 Å². The van der Waals surface area contributed by atoms with E-state index in [2.05, 4.69) is 33.1 Å². The number of rotatable bonds is 3. The van der Waals surface area contributed by atoms with Crippen molar-refractivity contribution < 1.29 is 9.59 Å². The van der Waals surface area contributed by atoms with Gasteiger partial charge in [-0.2, -0.15) is 0 Å². The van der Waals surface area contributed by atoms with E-state index in [0.717, 1.165) is 35.1 Å². The highest BCUT2D eigenvalue weighted by Crippen LogP contribution is 2.21. The van der Waals surface area contributed by atoms with Gasteiger partial charge in [-0.05, 0) is 55.3 Å². The Morgan fingerprint density at radius 2 is 1.96 bits per heavy atom. The lowest BCUT2D eigenvalue weighted by Gasteiger charge is -2.26. The normalized spacial score (nSPS) is 13.7. The number of piperidine rings is 1. The maximum Gasteiger partial charge on any atom is 0.252 e. The second kappa shape index (κ2) is 8.68. The first kappa shape index (κ1) is 18.2. The molecule has 0 bridgehead atoms. The lowest BCUT2D eigenvalue weighted by atomic mass is 10.1. The Hall–Kier alpha value is -2.58. The number of benzene rings is 2. The van der Waals surface area contributed by atoms with Gasteiger partial charge in [-0.25, -0.2) is 0 Å². The molecule has 3 rings (SSSR count). The number of nitrogens with zero attached hydrogens (tertiary/aromatic N) is 1. The van der Waals surface area contributed by atoms with E-state index >= 15 is 0 Å². The molecule has 0 spiro atoms. The third kappa shape index (κ3) is 4.74. The minimum Gasteiger partial charge on any atom is -0.341 e. The number of carbonyl (C=O) groups excluding carboxylic acids is 2. The highest BCUT2D eigenvalue weighted by atomic mass is 79.9. The van der Waals surface area contributed by atoms with Crippen molar-refractivity contribution in [3.63, 3.8) is 0 Å². The van der Waals surface area contributed by atoms with Gasteiger partial charge in [0.2, 0.25) is 5.91 Å². The Kier molecular flexibility index (Phi) is 6.08. The standard InChI is InChI=1S/C21H19BrN2O2/c22-18-7-3-6-17(15-18)21(26)23-13-4-5-16-9-11-19(12-10-16)24-14-2-1-8-20(24)25/h3,6-7,9-12,15H,1-2,8,13-14H2,(H,23,26). The molecule has 0 radical (unpaired) electrons. The fourth-order valence-corrected chi connectivity index (χ4v) is 3.21. The summed E-state index contributed by atoms with van der Waals surface area (Å²) in [7, 11) is 0. The number of hydrogen-bond acceptors (Lipinski definition) is 2. The smallest absolute Gasteiger partial charge is 0.252 e. The van der Waals surface area contributed by atoms with Gasteiger partial charge in [0.1, 0.15) is 0 Å². The Balaban J connectivity index is 1.55. The van der Waals surface area contributed by atoms with Crippen molar-refractivity contribution in [2.24, 2.45) is 0 Å². The van der Waals surface area contributed by atoms with Gasteiger partial charge >= 0.3 is 0 Å². The number of hydrogen-bond donors (Lipinski definition) is 1. The van der Waals surface area contributed by atoms with Crippen LogP contribution in [0.5, 0.6) is 0 Å². The average Bonchev–Trinajstić information content (AvgIpc) is 2.66. The maximum atomic E-state index is 12.0. The van der Waals surface area contributed by atoms with E-state index in [1.165, 1.54) is 0 Å². The molecule has 0 unspecified atom stereocenters. The number of nitrogens with one attached hydrogen (secondary N) is 1. The number of amides is 2. The highest BCUT2D eigenvalue weighted by Gasteiger charge is 2.19. The molecular weight excluding hydrogens is 392 g/mol. The summed E-state index contributed by atoms with van der Waals surface area (Å²) in [6, 6.07) is 14.9. The molecule has 1 aliphatic rings. The quantitative estimate of drug-likeness (QED) is 0.783. The van der Waals surface area contributed by atoms with Crippen molar-refractivity contribution in [3.8, 4) is 11.8 Å². The van der Waals surface area contributed by atoms with Gasteiger partial charge in [0.15, 0.2) is 0 Å². The van der Waals surface area contributed by atoms with Gasteiger partial charge in [0, 0.05) is 34.3 Å². The Labute approximate surface area is 161 Å². The number of anilines is 1. The fourth-order valence-electron chi connectivity index (χ4n) is 2.81. The van der Waals surface area contributed by atoms with Crippen LogP contribution >= 0.6 is 15.9 Å². The second-order valence-corrected chi connectivity index (χ2v) is 6.96. The first-order chi connectivity index (χ1) is 12.6. The minimum atomic E-state index is -0.153. The first-order valence-corrected chi connectivity index (χ1v) is 9.36. The lowest BCUT2D eigenvalue weighted by Crippen LogP contribution is -2.35. The van der Waals surface area contributed by atoms with E-state index in [4.69, 9.17) is 0 Å². The van der Waals surface area contributed by atoms with Gasteiger partial charge in [-0.1, -0.05) is 33.8 Å². The molecule has 0 atom stereocenters. The van der Waals surface area contributed by atoms with Crippen LogP contribution in [0.4, 0.5) is 5.69 Å². The van der Waals surface area contributed by atoms with E-state index < -0.39 is 0 Å². The van der Waals surface area contributed by atoms with Crippen LogP contribution in [-0.2, 0) is 4.79 Å². The largest absolute Gasteiger partial charge is 0.341 e. The first-order valence-electron chi connectivity index (χ1n) is 8.56. The molecule has 0 aliphatic carbocycles. The molecule has 2 amide bonds. The molecule has 5 heteroatoms. The van der Waals surface area contributed by atoms with Crippen molar-refractivity contribution in [1.29, 1.82) is 0 Å². The Bertz CT molecular complexity index is 866. The van der Waals surface area contributed by atoms with E-state index in [-0.39, 0.29) is 18.4 Å². The Morgan fingerprint density at radius 1 is 1.15 bits per heavy atom. The predicted molar refractivity (Wildman–Crippen MR) is 106 cm³/mol. The van der Waals surface area contributed by atoms with Crippen LogP contribution in [0.15, 0.2) is 53.0 Å². The molecular formula is C21H19BrN2O2. The summed E-state index contributed by atoms with van der Waals surface area (Å²) < 4.78 is 0.864. The van der Waals surface area contributed by atoms with Gasteiger partial charge in [-0.3, -0.25) is 9.59 Å². The molecule has 0 saturated carbocycles. The monoisotopic (exact) mass is 410 g/mol. The van der Waals surface area contributed by atoms with E-state index in [1.54, 1.807) is 12.1 Å². The van der Waals surface area contributed by atoms with E-state index in [1.807, 2.05) is 41.3 Å². The molecule has 132 valence electrons. The van der Waals surface area contributed by atoms with Crippen LogP contribution in [0.25, 0.3) is 0 Å². The van der Waals surface area contributed by atoms with Crippen molar-refractivity contribution in [1.82, 2.24) is 5.32 Å². The molecule has 26 heavy (non-hydrogen) atoms. The minimum absolute atomic E-state index is 0.153. The van der Waals surface area contributed by atoms with E-state index in [0.29, 0.717) is 12.0 Å². The average molecular weight is 411 g/mol. The zero-order valence-electron chi connectivity index (χ0n) is 14.3. The third-order valence-corrected chi connectivity index (χ3v) is 4.65. The van der Waals surface area contributed by atoms with Crippen molar-refractivity contribution in [2.75, 3.05) is 18.0 Å². The van der Waals surface area contributed by atoms with Gasteiger partial charge in [0.25, 0.3) is 5.91 Å². The summed E-state index contributed by atoms with van der Waals surface area (Å²) in [5.74, 6) is 6.01. The van der Waals surface area contributed by atoms with E-state index in [9.17, 15) is 9.59 Å². The maximum absolute atomic E-state index is 12.0. The third-order valence-electron chi connectivity index (χ3n) is 4.16. The molecule has 1 fully saturated rings. The van der Waals surface area contributed by atoms with Crippen LogP contribution in [-0.4, -0.2) is 24.9 Å². The zero-order valence-corrected chi connectivity index (χ0v) is 15.9. The molecule has 2 aromatic rings. The topological polar surface area (TPSA) is 49.4 Å². The van der Waals surface area contributed by atoms with Crippen molar-refractivity contribution >= 4 is 33.4 Å². The van der Waals surface area contributed by atoms with Crippen LogP contribution in [0.3, 0.4) is 0 Å². The molecule has 0 aromatic heterocycles. The van der Waals surface area contributed by atoms with Crippen LogP contribution < -0.4 is 10.2 Å². The van der Waals surface area contributed by atoms with Crippen LogP contribution in [0.1, 0.15) is 35.2 Å². The summed E-state index contributed by atoms with van der Waals surface area (Å²) >= 11 is 3.35. The molecule has 1 aliphatic heterocycles. The number of halogens is 1.